The molecule has 0 saturated carbocycles. The average Bonchev–Trinajstić information content (AvgIpc) is 3.05. The van der Waals surface area contributed by atoms with Gasteiger partial charge >= 0.3 is 6.18 Å². The minimum atomic E-state index is -4.35. The van der Waals surface area contributed by atoms with Crippen molar-refractivity contribution < 1.29 is 13.2 Å². The van der Waals surface area contributed by atoms with E-state index in [-0.39, 0.29) is 6.04 Å². The Labute approximate surface area is 161 Å². The number of hydrogen-bond acceptors (Lipinski definition) is 3. The Kier molecular flexibility index (Phi) is 5.71. The van der Waals surface area contributed by atoms with Crippen LogP contribution in [0.15, 0.2) is 42.6 Å². The SMILES string of the molecule is CCn1c([C@@H](C)NCCc2ccc(C#N)cn2)cc2ccc(C(F)(F)F)cc21. The van der Waals surface area contributed by atoms with E-state index in [2.05, 4.69) is 10.3 Å². The fraction of sp³-hybridized carbons (Fsp3) is 0.333. The molecule has 146 valence electrons. The Morgan fingerprint density at radius 2 is 2.00 bits per heavy atom. The van der Waals surface area contributed by atoms with Gasteiger partial charge in [-0.25, -0.2) is 0 Å². The van der Waals surface area contributed by atoms with E-state index in [9.17, 15) is 13.2 Å². The van der Waals surface area contributed by atoms with Crippen LogP contribution in [0.5, 0.6) is 0 Å². The summed E-state index contributed by atoms with van der Waals surface area (Å²) in [5, 5.41) is 13.0. The molecule has 3 rings (SSSR count). The predicted octanol–water partition coefficient (Wildman–Crippen LogP) is 4.84. The molecule has 2 heterocycles. The topological polar surface area (TPSA) is 53.6 Å². The molecule has 0 bridgehead atoms. The van der Waals surface area contributed by atoms with Gasteiger partial charge in [-0.05, 0) is 49.6 Å². The first-order valence-electron chi connectivity index (χ1n) is 9.12. The Bertz CT molecular complexity index is 997. The molecule has 1 atom stereocenters. The van der Waals surface area contributed by atoms with Crippen LogP contribution < -0.4 is 5.32 Å². The monoisotopic (exact) mass is 386 g/mol. The molecular weight excluding hydrogens is 365 g/mol. The highest BCUT2D eigenvalue weighted by Crippen LogP contribution is 2.33. The van der Waals surface area contributed by atoms with Gasteiger partial charge in [-0.15, -0.1) is 0 Å². The quantitative estimate of drug-likeness (QED) is 0.660. The number of nitrogens with one attached hydrogen (secondary N) is 1. The molecule has 0 saturated heterocycles. The van der Waals surface area contributed by atoms with Crippen molar-refractivity contribution in [2.45, 2.75) is 39.0 Å². The van der Waals surface area contributed by atoms with Crippen molar-refractivity contribution in [3.05, 3.63) is 65.1 Å². The fourth-order valence-electron chi connectivity index (χ4n) is 3.32. The molecule has 7 heteroatoms. The fourth-order valence-corrected chi connectivity index (χ4v) is 3.32. The standard InChI is InChI=1S/C21H21F3N4/c1-3-28-19(10-16-5-6-17(11-20(16)28)21(22,23)24)14(2)26-9-8-18-7-4-15(12-25)13-27-18/h4-7,10-11,13-14,26H,3,8-9H2,1-2H3/t14-/m1/s1. The molecule has 1 aromatic carbocycles. The molecule has 0 spiro atoms. The molecule has 3 aromatic rings. The van der Waals surface area contributed by atoms with Crippen molar-refractivity contribution in [1.29, 1.82) is 5.26 Å². The first-order chi connectivity index (χ1) is 13.3. The normalized spacial score (nSPS) is 12.9. The summed E-state index contributed by atoms with van der Waals surface area (Å²) in [4.78, 5) is 4.25. The third kappa shape index (κ3) is 4.18. The average molecular weight is 386 g/mol. The van der Waals surface area contributed by atoms with E-state index in [1.807, 2.05) is 36.6 Å². The largest absolute Gasteiger partial charge is 0.416 e. The van der Waals surface area contributed by atoms with Crippen molar-refractivity contribution in [3.8, 4) is 6.07 Å². The summed E-state index contributed by atoms with van der Waals surface area (Å²) in [6.45, 7) is 5.18. The van der Waals surface area contributed by atoms with Gasteiger partial charge in [0.25, 0.3) is 0 Å². The maximum atomic E-state index is 13.0. The summed E-state index contributed by atoms with van der Waals surface area (Å²) < 4.78 is 41.1. The van der Waals surface area contributed by atoms with Gasteiger partial charge < -0.3 is 9.88 Å². The number of halogens is 3. The van der Waals surface area contributed by atoms with Crippen molar-refractivity contribution in [3.63, 3.8) is 0 Å². The van der Waals surface area contributed by atoms with Crippen molar-refractivity contribution in [2.75, 3.05) is 6.54 Å². The first-order valence-corrected chi connectivity index (χ1v) is 9.12. The maximum Gasteiger partial charge on any atom is 0.416 e. The zero-order chi connectivity index (χ0) is 20.3. The van der Waals surface area contributed by atoms with E-state index in [0.717, 1.165) is 22.8 Å². The van der Waals surface area contributed by atoms with E-state index in [0.29, 0.717) is 30.6 Å². The highest BCUT2D eigenvalue weighted by Gasteiger charge is 2.31. The lowest BCUT2D eigenvalue weighted by Gasteiger charge is -2.17. The third-order valence-electron chi connectivity index (χ3n) is 4.81. The number of alkyl halides is 3. The molecule has 1 N–H and O–H groups in total. The summed E-state index contributed by atoms with van der Waals surface area (Å²) in [5.74, 6) is 0. The Morgan fingerprint density at radius 3 is 2.61 bits per heavy atom. The third-order valence-corrected chi connectivity index (χ3v) is 4.81. The summed E-state index contributed by atoms with van der Waals surface area (Å²) >= 11 is 0. The van der Waals surface area contributed by atoms with Gasteiger partial charge in [0, 0.05) is 48.7 Å². The summed E-state index contributed by atoms with van der Waals surface area (Å²) in [6.07, 6.45) is -2.11. The number of aryl methyl sites for hydroxylation is 1. The minimum Gasteiger partial charge on any atom is -0.343 e. The van der Waals surface area contributed by atoms with E-state index in [4.69, 9.17) is 5.26 Å². The molecule has 0 aliphatic rings. The van der Waals surface area contributed by atoms with Crippen molar-refractivity contribution in [1.82, 2.24) is 14.9 Å². The number of fused-ring (bicyclic) bond motifs is 1. The molecule has 4 nitrogen and oxygen atoms in total. The van der Waals surface area contributed by atoms with Crippen LogP contribution in [0.4, 0.5) is 13.2 Å². The molecule has 28 heavy (non-hydrogen) atoms. The van der Waals surface area contributed by atoms with E-state index in [1.165, 1.54) is 12.1 Å². The molecule has 0 fully saturated rings. The lowest BCUT2D eigenvalue weighted by Crippen LogP contribution is -2.23. The van der Waals surface area contributed by atoms with Crippen LogP contribution >= 0.6 is 0 Å². The Morgan fingerprint density at radius 1 is 1.21 bits per heavy atom. The minimum absolute atomic E-state index is 0.0277. The Hall–Kier alpha value is -2.85. The second kappa shape index (κ2) is 8.03. The summed E-state index contributed by atoms with van der Waals surface area (Å²) in [5.41, 5.74) is 2.31. The van der Waals surface area contributed by atoms with Crippen molar-refractivity contribution in [2.24, 2.45) is 0 Å². The second-order valence-electron chi connectivity index (χ2n) is 6.66. The van der Waals surface area contributed by atoms with Gasteiger partial charge in [-0.2, -0.15) is 18.4 Å². The van der Waals surface area contributed by atoms with Crippen LogP contribution in [-0.2, 0) is 19.1 Å². The van der Waals surface area contributed by atoms with Crippen LogP contribution in [-0.4, -0.2) is 16.1 Å². The lowest BCUT2D eigenvalue weighted by molar-refractivity contribution is -0.137. The number of pyridine rings is 1. The van der Waals surface area contributed by atoms with Crippen LogP contribution in [0.25, 0.3) is 10.9 Å². The molecule has 0 amide bonds. The highest BCUT2D eigenvalue weighted by atomic mass is 19.4. The van der Waals surface area contributed by atoms with Gasteiger partial charge in [0.2, 0.25) is 0 Å². The zero-order valence-corrected chi connectivity index (χ0v) is 15.7. The van der Waals surface area contributed by atoms with Crippen LogP contribution in [0.3, 0.4) is 0 Å². The summed E-state index contributed by atoms with van der Waals surface area (Å²) in [6, 6.07) is 11.4. The van der Waals surface area contributed by atoms with Crippen LogP contribution in [0, 0.1) is 11.3 Å². The number of aromatic nitrogens is 2. The van der Waals surface area contributed by atoms with E-state index >= 15 is 0 Å². The number of hydrogen-bond donors (Lipinski definition) is 1. The van der Waals surface area contributed by atoms with Crippen LogP contribution in [0.2, 0.25) is 0 Å². The van der Waals surface area contributed by atoms with Gasteiger partial charge in [0.15, 0.2) is 0 Å². The number of nitrogens with zero attached hydrogens (tertiary/aromatic N) is 3. The predicted molar refractivity (Wildman–Crippen MR) is 102 cm³/mol. The van der Waals surface area contributed by atoms with Gasteiger partial charge in [-0.3, -0.25) is 4.98 Å². The maximum absolute atomic E-state index is 13.0. The summed E-state index contributed by atoms with van der Waals surface area (Å²) in [7, 11) is 0. The lowest BCUT2D eigenvalue weighted by atomic mass is 10.1. The number of rotatable bonds is 6. The van der Waals surface area contributed by atoms with Gasteiger partial charge in [0.1, 0.15) is 6.07 Å². The van der Waals surface area contributed by atoms with Crippen molar-refractivity contribution >= 4 is 10.9 Å². The van der Waals surface area contributed by atoms with E-state index in [1.54, 1.807) is 12.3 Å². The molecule has 2 aromatic heterocycles. The molecule has 0 aliphatic heterocycles. The number of nitriles is 1. The van der Waals surface area contributed by atoms with E-state index < -0.39 is 11.7 Å². The van der Waals surface area contributed by atoms with Crippen LogP contribution in [0.1, 0.15) is 42.4 Å². The molecule has 0 aliphatic carbocycles. The molecule has 0 radical (unpaired) electrons. The highest BCUT2D eigenvalue weighted by molar-refractivity contribution is 5.82. The van der Waals surface area contributed by atoms with Gasteiger partial charge in [-0.1, -0.05) is 6.07 Å². The smallest absolute Gasteiger partial charge is 0.343 e. The van der Waals surface area contributed by atoms with Gasteiger partial charge in [0.05, 0.1) is 11.1 Å². The molecular formula is C21H21F3N4. The first kappa shape index (κ1) is 19.9. The number of benzene rings is 1. The second-order valence-corrected chi connectivity index (χ2v) is 6.66. The molecule has 0 unspecified atom stereocenters. The zero-order valence-electron chi connectivity index (χ0n) is 15.7. The Balaban J connectivity index is 1.75.